The van der Waals surface area contributed by atoms with Crippen molar-refractivity contribution in [3.8, 4) is 17.0 Å². The number of nitrogens with two attached hydrogens (primary N) is 1. The van der Waals surface area contributed by atoms with Crippen LogP contribution in [0.2, 0.25) is 0 Å². The van der Waals surface area contributed by atoms with Gasteiger partial charge in [0, 0.05) is 60.6 Å². The Morgan fingerprint density at radius 3 is 2.55 bits per heavy atom. The highest BCUT2D eigenvalue weighted by Crippen LogP contribution is 2.43. The molecule has 5 rings (SSSR count). The van der Waals surface area contributed by atoms with Crippen molar-refractivity contribution >= 4 is 17.6 Å². The second kappa shape index (κ2) is 8.66. The van der Waals surface area contributed by atoms with E-state index in [0.717, 1.165) is 69.1 Å². The standard InChI is InChI=1S/C22H28F3N5O2S/c23-22(24,25)32-18-9-15(10-27-19(18)26)17-11-29(20(28-17)14-1-2-14)8-5-21(12-33-13-21)30-6-3-16(31)4-7-30/h9-11,14,16,31H,1-8,12-13H2,(H2,26,27). The third kappa shape index (κ3) is 4.95. The van der Waals surface area contributed by atoms with Crippen molar-refractivity contribution in [3.05, 3.63) is 24.3 Å². The average Bonchev–Trinajstić information content (AvgIpc) is 3.49. The van der Waals surface area contributed by atoms with Gasteiger partial charge in [0.25, 0.3) is 0 Å². The number of aryl methyl sites for hydroxylation is 1. The maximum Gasteiger partial charge on any atom is 0.573 e. The Balaban J connectivity index is 1.36. The molecule has 0 unspecified atom stereocenters. The SMILES string of the molecule is Nc1ncc(-c2cn(CCC3(N4CCC(O)CC4)CSC3)c(C3CC3)n2)cc1OC(F)(F)F. The maximum absolute atomic E-state index is 12.7. The molecule has 0 amide bonds. The zero-order valence-corrected chi connectivity index (χ0v) is 19.0. The first kappa shape index (κ1) is 22.8. The number of aliphatic hydroxyl groups is 1. The number of likely N-dealkylation sites (tertiary alicyclic amines) is 1. The number of alkyl halides is 3. The first-order valence-corrected chi connectivity index (χ1v) is 12.5. The summed E-state index contributed by atoms with van der Waals surface area (Å²) in [5.41, 5.74) is 6.75. The molecular formula is C22H28F3N5O2S. The lowest BCUT2D eigenvalue weighted by Crippen LogP contribution is -2.61. The van der Waals surface area contributed by atoms with E-state index >= 15 is 0 Å². The number of anilines is 1. The monoisotopic (exact) mass is 483 g/mol. The molecule has 2 saturated heterocycles. The summed E-state index contributed by atoms with van der Waals surface area (Å²) in [4.78, 5) is 11.2. The Morgan fingerprint density at radius 2 is 1.94 bits per heavy atom. The van der Waals surface area contributed by atoms with Crippen LogP contribution in [-0.4, -0.2) is 67.1 Å². The Bertz CT molecular complexity index is 998. The molecule has 2 aromatic rings. The van der Waals surface area contributed by atoms with E-state index in [1.807, 2.05) is 18.0 Å². The van der Waals surface area contributed by atoms with Gasteiger partial charge in [-0.25, -0.2) is 9.97 Å². The number of halogens is 3. The van der Waals surface area contributed by atoms with Crippen molar-refractivity contribution < 1.29 is 23.0 Å². The number of aliphatic hydroxyl groups excluding tert-OH is 1. The molecule has 2 aliphatic heterocycles. The van der Waals surface area contributed by atoms with Gasteiger partial charge in [-0.1, -0.05) is 0 Å². The normalized spacial score (nSPS) is 21.7. The van der Waals surface area contributed by atoms with Crippen molar-refractivity contribution in [2.75, 3.05) is 30.3 Å². The number of nitrogen functional groups attached to an aromatic ring is 1. The molecule has 0 aromatic carbocycles. The van der Waals surface area contributed by atoms with Gasteiger partial charge in [-0.3, -0.25) is 4.90 Å². The molecule has 0 spiro atoms. The fourth-order valence-corrected chi connectivity index (χ4v) is 6.04. The van der Waals surface area contributed by atoms with Gasteiger partial charge in [0.15, 0.2) is 11.6 Å². The zero-order valence-electron chi connectivity index (χ0n) is 18.2. The molecule has 1 saturated carbocycles. The summed E-state index contributed by atoms with van der Waals surface area (Å²) in [5, 5.41) is 9.88. The van der Waals surface area contributed by atoms with E-state index in [4.69, 9.17) is 10.7 Å². The highest BCUT2D eigenvalue weighted by molar-refractivity contribution is 8.00. The summed E-state index contributed by atoms with van der Waals surface area (Å²) in [6, 6.07) is 1.25. The second-order valence-corrected chi connectivity index (χ2v) is 10.3. The molecule has 11 heteroatoms. The predicted molar refractivity (Wildman–Crippen MR) is 120 cm³/mol. The molecule has 3 fully saturated rings. The van der Waals surface area contributed by atoms with Gasteiger partial charge in [0.1, 0.15) is 5.82 Å². The van der Waals surface area contributed by atoms with Crippen LogP contribution in [0.4, 0.5) is 19.0 Å². The Morgan fingerprint density at radius 1 is 1.21 bits per heavy atom. The Kier molecular flexibility index (Phi) is 5.98. The fourth-order valence-electron chi connectivity index (χ4n) is 4.71. The topological polar surface area (TPSA) is 89.4 Å². The Hall–Kier alpha value is -1.98. The Labute approximate surface area is 194 Å². The molecule has 2 aromatic heterocycles. The molecule has 0 atom stereocenters. The minimum Gasteiger partial charge on any atom is -0.402 e. The molecular weight excluding hydrogens is 455 g/mol. The van der Waals surface area contributed by atoms with Crippen molar-refractivity contribution in [2.24, 2.45) is 0 Å². The molecule has 7 nitrogen and oxygen atoms in total. The third-order valence-corrected chi connectivity index (χ3v) is 8.33. The number of ether oxygens (including phenoxy) is 1. The number of aromatic nitrogens is 3. The summed E-state index contributed by atoms with van der Waals surface area (Å²) in [6.45, 7) is 2.64. The third-order valence-electron chi connectivity index (χ3n) is 6.85. The molecule has 33 heavy (non-hydrogen) atoms. The summed E-state index contributed by atoms with van der Waals surface area (Å²) < 4.78 is 44.4. The lowest BCUT2D eigenvalue weighted by molar-refractivity contribution is -0.274. The van der Waals surface area contributed by atoms with Gasteiger partial charge in [0.2, 0.25) is 0 Å². The molecule has 3 N–H and O–H groups in total. The van der Waals surface area contributed by atoms with Gasteiger partial charge in [0.05, 0.1) is 11.8 Å². The summed E-state index contributed by atoms with van der Waals surface area (Å²) in [6.07, 6.45) is 3.09. The number of thioether (sulfide) groups is 1. The second-order valence-electron chi connectivity index (χ2n) is 9.29. The van der Waals surface area contributed by atoms with Crippen molar-refractivity contribution in [1.29, 1.82) is 0 Å². The minimum absolute atomic E-state index is 0.145. The van der Waals surface area contributed by atoms with E-state index in [2.05, 4.69) is 19.2 Å². The van der Waals surface area contributed by atoms with E-state index in [9.17, 15) is 18.3 Å². The number of imidazole rings is 1. The predicted octanol–water partition coefficient (Wildman–Crippen LogP) is 3.64. The van der Waals surface area contributed by atoms with Gasteiger partial charge in [-0.05, 0) is 38.2 Å². The molecule has 180 valence electrons. The zero-order chi connectivity index (χ0) is 23.2. The van der Waals surface area contributed by atoms with Crippen LogP contribution < -0.4 is 10.5 Å². The van der Waals surface area contributed by atoms with Crippen LogP contribution in [0.25, 0.3) is 11.3 Å². The van der Waals surface area contributed by atoms with Crippen LogP contribution in [0.1, 0.15) is 43.8 Å². The summed E-state index contributed by atoms with van der Waals surface area (Å²) >= 11 is 1.95. The lowest BCUT2D eigenvalue weighted by atomic mass is 9.92. The molecule has 1 aliphatic carbocycles. The first-order chi connectivity index (χ1) is 15.7. The van der Waals surface area contributed by atoms with E-state index in [-0.39, 0.29) is 17.5 Å². The summed E-state index contributed by atoms with van der Waals surface area (Å²) in [5.74, 6) is 2.72. The number of pyridine rings is 1. The summed E-state index contributed by atoms with van der Waals surface area (Å²) in [7, 11) is 0. The molecule has 0 bridgehead atoms. The lowest BCUT2D eigenvalue weighted by Gasteiger charge is -2.52. The van der Waals surface area contributed by atoms with Crippen LogP contribution in [0.15, 0.2) is 18.5 Å². The quantitative estimate of drug-likeness (QED) is 0.622. The maximum atomic E-state index is 12.7. The van der Waals surface area contributed by atoms with E-state index in [1.54, 1.807) is 0 Å². The number of hydrogen-bond donors (Lipinski definition) is 2. The van der Waals surface area contributed by atoms with Crippen molar-refractivity contribution in [2.45, 2.75) is 62.6 Å². The van der Waals surface area contributed by atoms with Gasteiger partial charge in [-0.15, -0.1) is 13.2 Å². The number of piperidine rings is 1. The average molecular weight is 484 g/mol. The van der Waals surface area contributed by atoms with Crippen LogP contribution >= 0.6 is 11.8 Å². The van der Waals surface area contributed by atoms with Gasteiger partial charge in [-0.2, -0.15) is 11.8 Å². The van der Waals surface area contributed by atoms with E-state index in [0.29, 0.717) is 17.2 Å². The van der Waals surface area contributed by atoms with Crippen LogP contribution in [0, 0.1) is 0 Å². The first-order valence-electron chi connectivity index (χ1n) is 11.3. The van der Waals surface area contributed by atoms with Crippen molar-refractivity contribution in [3.63, 3.8) is 0 Å². The number of hydrogen-bond acceptors (Lipinski definition) is 7. The smallest absolute Gasteiger partial charge is 0.402 e. The minimum atomic E-state index is -4.84. The molecule has 0 radical (unpaired) electrons. The highest BCUT2D eigenvalue weighted by atomic mass is 32.2. The highest BCUT2D eigenvalue weighted by Gasteiger charge is 2.44. The molecule has 3 aliphatic rings. The van der Waals surface area contributed by atoms with Gasteiger partial charge >= 0.3 is 6.36 Å². The van der Waals surface area contributed by atoms with E-state index in [1.165, 1.54) is 12.3 Å². The number of nitrogens with zero attached hydrogens (tertiary/aromatic N) is 4. The van der Waals surface area contributed by atoms with Gasteiger partial charge < -0.3 is 20.1 Å². The molecule has 4 heterocycles. The van der Waals surface area contributed by atoms with Crippen LogP contribution in [0.3, 0.4) is 0 Å². The van der Waals surface area contributed by atoms with Crippen LogP contribution in [0.5, 0.6) is 5.75 Å². The van der Waals surface area contributed by atoms with E-state index < -0.39 is 12.1 Å². The van der Waals surface area contributed by atoms with Crippen molar-refractivity contribution in [1.82, 2.24) is 19.4 Å². The fraction of sp³-hybridized carbons (Fsp3) is 0.636. The van der Waals surface area contributed by atoms with Crippen LogP contribution in [-0.2, 0) is 6.54 Å². The largest absolute Gasteiger partial charge is 0.573 e. The number of rotatable bonds is 7.